The third-order valence-corrected chi connectivity index (χ3v) is 2.81. The van der Waals surface area contributed by atoms with E-state index in [9.17, 15) is 9.46 Å². The first-order valence-corrected chi connectivity index (χ1v) is 6.47. The van der Waals surface area contributed by atoms with Crippen LogP contribution in [0.4, 0.5) is 0 Å². The first-order valence-electron chi connectivity index (χ1n) is 4.98. The summed E-state index contributed by atoms with van der Waals surface area (Å²) < 4.78 is 21.5. The minimum Gasteiger partial charge on any atom is -0.395 e. The Morgan fingerprint density at radius 2 is 1.11 bits per heavy atom. The van der Waals surface area contributed by atoms with Gasteiger partial charge in [-0.15, -0.1) is 0 Å². The van der Waals surface area contributed by atoms with Crippen molar-refractivity contribution < 1.29 is 18.5 Å². The molecule has 0 bridgehead atoms. The molecular formula is C12H11LiO4P. The molecule has 4 nitrogen and oxygen atoms in total. The zero-order chi connectivity index (χ0) is 12.1. The first-order chi connectivity index (χ1) is 8.16. The van der Waals surface area contributed by atoms with E-state index in [2.05, 4.69) is 0 Å². The summed E-state index contributed by atoms with van der Waals surface area (Å²) in [7, 11) is -4.14. The van der Waals surface area contributed by atoms with E-state index in [0.29, 0.717) is 0 Å². The SMILES string of the molecule is O=P(O)(Oc1ccccc1)Oc1ccccc1.[Li]. The smallest absolute Gasteiger partial charge is 0.395 e. The van der Waals surface area contributed by atoms with Gasteiger partial charge >= 0.3 is 7.82 Å². The van der Waals surface area contributed by atoms with Crippen LogP contribution in [-0.2, 0) is 4.57 Å². The first kappa shape index (κ1) is 14.9. The standard InChI is InChI=1S/C12H11O4P.Li/c13-17(14,15-11-7-3-1-4-8-11)16-12-9-5-2-6-10-12;/h1-10H,(H,13,14);. The van der Waals surface area contributed by atoms with Crippen LogP contribution in [0.1, 0.15) is 0 Å². The van der Waals surface area contributed by atoms with Gasteiger partial charge in [-0.3, -0.25) is 4.89 Å². The molecule has 2 aromatic rings. The molecule has 0 aliphatic carbocycles. The van der Waals surface area contributed by atoms with Crippen LogP contribution in [-0.4, -0.2) is 23.8 Å². The fraction of sp³-hybridized carbons (Fsp3) is 0. The Morgan fingerprint density at radius 1 is 0.778 bits per heavy atom. The molecule has 0 aliphatic rings. The molecule has 0 amide bonds. The summed E-state index contributed by atoms with van der Waals surface area (Å²) in [5.74, 6) is 0.573. The van der Waals surface area contributed by atoms with Crippen molar-refractivity contribution in [2.75, 3.05) is 0 Å². The average Bonchev–Trinajstić information content (AvgIpc) is 2.30. The minimum absolute atomic E-state index is 0. The fourth-order valence-corrected chi connectivity index (χ4v) is 2.06. The number of rotatable bonds is 4. The zero-order valence-corrected chi connectivity index (χ0v) is 10.8. The molecule has 1 N–H and O–H groups in total. The molecule has 0 saturated heterocycles. The van der Waals surface area contributed by atoms with Crippen molar-refractivity contribution >= 4 is 26.7 Å². The molecule has 0 atom stereocenters. The Hall–Kier alpha value is -1.17. The van der Waals surface area contributed by atoms with Crippen LogP contribution < -0.4 is 9.05 Å². The van der Waals surface area contributed by atoms with Gasteiger partial charge in [-0.1, -0.05) is 36.4 Å². The van der Waals surface area contributed by atoms with Crippen LogP contribution in [0.25, 0.3) is 0 Å². The Balaban J connectivity index is 0.00000162. The topological polar surface area (TPSA) is 55.8 Å². The molecule has 0 spiro atoms. The molecule has 1 radical (unpaired) electrons. The van der Waals surface area contributed by atoms with Gasteiger partial charge in [-0.05, 0) is 24.3 Å². The van der Waals surface area contributed by atoms with E-state index < -0.39 is 7.82 Å². The van der Waals surface area contributed by atoms with Gasteiger partial charge in [0.2, 0.25) is 0 Å². The third kappa shape index (κ3) is 4.60. The fourth-order valence-electron chi connectivity index (χ4n) is 1.25. The summed E-state index contributed by atoms with van der Waals surface area (Å²) in [5.41, 5.74) is 0. The predicted molar refractivity (Wildman–Crippen MR) is 69.7 cm³/mol. The van der Waals surface area contributed by atoms with Crippen LogP contribution in [0.15, 0.2) is 60.7 Å². The molecule has 6 heteroatoms. The molecule has 0 heterocycles. The molecule has 18 heavy (non-hydrogen) atoms. The average molecular weight is 257 g/mol. The second-order valence-corrected chi connectivity index (χ2v) is 4.58. The summed E-state index contributed by atoms with van der Waals surface area (Å²) in [4.78, 5) is 9.53. The van der Waals surface area contributed by atoms with Crippen molar-refractivity contribution in [1.29, 1.82) is 0 Å². The van der Waals surface area contributed by atoms with E-state index >= 15 is 0 Å². The Kier molecular flexibility index (Phi) is 5.52. The van der Waals surface area contributed by atoms with E-state index in [0.717, 1.165) is 0 Å². The number of para-hydroxylation sites is 2. The monoisotopic (exact) mass is 257 g/mol. The van der Waals surface area contributed by atoms with Gasteiger partial charge in [0, 0.05) is 18.9 Å². The second-order valence-electron chi connectivity index (χ2n) is 3.28. The zero-order valence-electron chi connectivity index (χ0n) is 9.89. The minimum atomic E-state index is -4.14. The Labute approximate surface area is 117 Å². The number of benzene rings is 2. The van der Waals surface area contributed by atoms with Gasteiger partial charge in [-0.2, -0.15) is 0 Å². The maximum atomic E-state index is 11.7. The van der Waals surface area contributed by atoms with Gasteiger partial charge in [0.05, 0.1) is 0 Å². The molecule has 0 fully saturated rings. The van der Waals surface area contributed by atoms with Crippen molar-refractivity contribution in [3.8, 4) is 11.5 Å². The molecule has 2 aromatic carbocycles. The molecule has 0 aliphatic heterocycles. The van der Waals surface area contributed by atoms with Crippen molar-refractivity contribution in [1.82, 2.24) is 0 Å². The van der Waals surface area contributed by atoms with Gasteiger partial charge < -0.3 is 9.05 Å². The number of hydrogen-bond acceptors (Lipinski definition) is 3. The maximum Gasteiger partial charge on any atom is 0.584 e. The quantitative estimate of drug-likeness (QED) is 0.675. The summed E-state index contributed by atoms with van der Waals surface area (Å²) in [6, 6.07) is 16.7. The number of phosphoric ester groups is 1. The van der Waals surface area contributed by atoms with Crippen LogP contribution in [0, 0.1) is 0 Å². The van der Waals surface area contributed by atoms with Gasteiger partial charge in [0.1, 0.15) is 11.5 Å². The van der Waals surface area contributed by atoms with Crippen LogP contribution in [0.2, 0.25) is 0 Å². The molecule has 2 rings (SSSR count). The van der Waals surface area contributed by atoms with Crippen molar-refractivity contribution in [3.63, 3.8) is 0 Å². The number of phosphoric acid groups is 1. The summed E-state index contributed by atoms with van der Waals surface area (Å²) >= 11 is 0. The molecule has 0 aromatic heterocycles. The molecule has 89 valence electrons. The molecule has 0 unspecified atom stereocenters. The Morgan fingerprint density at radius 3 is 1.44 bits per heavy atom. The predicted octanol–water partition coefficient (Wildman–Crippen LogP) is 2.86. The molecule has 0 saturated carbocycles. The summed E-state index contributed by atoms with van der Waals surface area (Å²) in [5, 5.41) is 0. The molecular weight excluding hydrogens is 246 g/mol. The van der Waals surface area contributed by atoms with Crippen LogP contribution in [0.5, 0.6) is 11.5 Å². The third-order valence-electron chi connectivity index (χ3n) is 1.93. The van der Waals surface area contributed by atoms with Crippen molar-refractivity contribution in [2.45, 2.75) is 0 Å². The van der Waals surface area contributed by atoms with E-state index in [1.54, 1.807) is 60.7 Å². The Bertz CT molecular complexity index is 473. The van der Waals surface area contributed by atoms with E-state index in [-0.39, 0.29) is 30.4 Å². The normalized spacial score (nSPS) is 10.3. The maximum absolute atomic E-state index is 11.7. The summed E-state index contributed by atoms with van der Waals surface area (Å²) in [6.45, 7) is 0. The van der Waals surface area contributed by atoms with Gasteiger partial charge in [0.25, 0.3) is 0 Å². The summed E-state index contributed by atoms with van der Waals surface area (Å²) in [6.07, 6.45) is 0. The van der Waals surface area contributed by atoms with Crippen molar-refractivity contribution in [2.24, 2.45) is 0 Å². The second kappa shape index (κ2) is 6.68. The van der Waals surface area contributed by atoms with Crippen LogP contribution in [0.3, 0.4) is 0 Å². The van der Waals surface area contributed by atoms with E-state index in [1.165, 1.54) is 0 Å². The van der Waals surface area contributed by atoms with E-state index in [1.807, 2.05) is 0 Å². The number of hydrogen-bond donors (Lipinski definition) is 1. The van der Waals surface area contributed by atoms with Crippen LogP contribution >= 0.6 is 7.82 Å². The largest absolute Gasteiger partial charge is 0.584 e. The van der Waals surface area contributed by atoms with Gasteiger partial charge in [0.15, 0.2) is 0 Å². The van der Waals surface area contributed by atoms with Crippen molar-refractivity contribution in [3.05, 3.63) is 60.7 Å². The van der Waals surface area contributed by atoms with Gasteiger partial charge in [-0.25, -0.2) is 4.57 Å². The van der Waals surface area contributed by atoms with E-state index in [4.69, 9.17) is 9.05 Å².